The van der Waals surface area contributed by atoms with Crippen LogP contribution in [0, 0.1) is 11.8 Å². The van der Waals surface area contributed by atoms with E-state index in [1.54, 1.807) is 6.92 Å². The molecule has 5 atom stereocenters. The van der Waals surface area contributed by atoms with E-state index in [0.29, 0.717) is 5.92 Å². The number of carbonyl (C=O) groups excluding carboxylic acids is 2. The predicted molar refractivity (Wildman–Crippen MR) is 70.2 cm³/mol. The van der Waals surface area contributed by atoms with Gasteiger partial charge in [0.2, 0.25) is 11.8 Å². The summed E-state index contributed by atoms with van der Waals surface area (Å²) in [5.74, 6) is 0.431. The first kappa shape index (κ1) is 14.4. The Hall–Kier alpha value is -0.670. The number of amides is 2. The highest BCUT2D eigenvalue weighted by atomic mass is 31.0. The van der Waals surface area contributed by atoms with Gasteiger partial charge in [-0.3, -0.25) is 9.59 Å². The summed E-state index contributed by atoms with van der Waals surface area (Å²) in [6.45, 7) is 6.70. The first-order valence-electron chi connectivity index (χ1n) is 6.00. The van der Waals surface area contributed by atoms with Crippen molar-refractivity contribution in [1.29, 1.82) is 0 Å². The standard InChI is InChI=1S/C11H22N3O2P/c1-6(5-12-17)4-7(2)9-11(16)13-8(3)10(15)14-9/h6-9,12H,4-5,17H2,1-3H3,(H,13,16)(H,14,15). The summed E-state index contributed by atoms with van der Waals surface area (Å²) in [6, 6.07) is -0.817. The molecule has 1 aliphatic heterocycles. The maximum absolute atomic E-state index is 11.8. The van der Waals surface area contributed by atoms with E-state index in [0.717, 1.165) is 13.0 Å². The summed E-state index contributed by atoms with van der Waals surface area (Å²) >= 11 is 0. The molecule has 6 heteroatoms. The Balaban J connectivity index is 2.53. The predicted octanol–water partition coefficient (Wildman–Crippen LogP) is 0.0315. The molecule has 0 saturated carbocycles. The highest BCUT2D eigenvalue weighted by Crippen LogP contribution is 2.17. The highest BCUT2D eigenvalue weighted by Gasteiger charge is 2.34. The van der Waals surface area contributed by atoms with E-state index < -0.39 is 12.1 Å². The molecule has 1 rings (SSSR count). The molecule has 0 aromatic carbocycles. The number of piperazine rings is 1. The van der Waals surface area contributed by atoms with Crippen LogP contribution in [-0.4, -0.2) is 30.4 Å². The lowest BCUT2D eigenvalue weighted by Gasteiger charge is -2.32. The second-order valence-electron chi connectivity index (χ2n) is 4.94. The molecule has 1 aliphatic rings. The van der Waals surface area contributed by atoms with Crippen molar-refractivity contribution in [1.82, 2.24) is 15.7 Å². The minimum absolute atomic E-state index is 0.0735. The smallest absolute Gasteiger partial charge is 0.243 e. The van der Waals surface area contributed by atoms with Gasteiger partial charge >= 0.3 is 0 Å². The van der Waals surface area contributed by atoms with Crippen molar-refractivity contribution < 1.29 is 9.59 Å². The quantitative estimate of drug-likeness (QED) is 0.610. The summed E-state index contributed by atoms with van der Waals surface area (Å²) in [7, 11) is 2.47. The van der Waals surface area contributed by atoms with Gasteiger partial charge in [-0.05, 0) is 25.2 Å². The molecular formula is C11H22N3O2P. The highest BCUT2D eigenvalue weighted by molar-refractivity contribution is 7.13. The molecule has 3 N–H and O–H groups in total. The molecule has 1 heterocycles. The Bertz CT molecular complexity index is 298. The van der Waals surface area contributed by atoms with Gasteiger partial charge in [-0.25, -0.2) is 0 Å². The van der Waals surface area contributed by atoms with Gasteiger partial charge in [0, 0.05) is 6.54 Å². The lowest BCUT2D eigenvalue weighted by atomic mass is 9.89. The molecule has 17 heavy (non-hydrogen) atoms. The number of hydrogen-bond donors (Lipinski definition) is 3. The monoisotopic (exact) mass is 259 g/mol. The maximum Gasteiger partial charge on any atom is 0.243 e. The molecule has 2 amide bonds. The van der Waals surface area contributed by atoms with Gasteiger partial charge in [-0.2, -0.15) is 0 Å². The first-order valence-corrected chi connectivity index (χ1v) is 6.57. The van der Waals surface area contributed by atoms with Crippen molar-refractivity contribution >= 4 is 21.2 Å². The normalized spacial score (nSPS) is 28.2. The van der Waals surface area contributed by atoms with Crippen molar-refractivity contribution in [3.8, 4) is 0 Å². The molecule has 5 nitrogen and oxygen atoms in total. The van der Waals surface area contributed by atoms with Gasteiger partial charge in [0.1, 0.15) is 12.1 Å². The fraction of sp³-hybridized carbons (Fsp3) is 0.818. The van der Waals surface area contributed by atoms with Crippen LogP contribution >= 0.6 is 9.39 Å². The fourth-order valence-corrected chi connectivity index (χ4v) is 2.57. The third-order valence-electron chi connectivity index (χ3n) is 3.14. The minimum atomic E-state index is -0.419. The summed E-state index contributed by atoms with van der Waals surface area (Å²) in [5.41, 5.74) is 0. The zero-order valence-corrected chi connectivity index (χ0v) is 11.8. The largest absolute Gasteiger partial charge is 0.343 e. The van der Waals surface area contributed by atoms with Crippen LogP contribution < -0.4 is 15.7 Å². The molecule has 0 spiro atoms. The second kappa shape index (κ2) is 6.31. The first-order chi connectivity index (χ1) is 7.95. The molecule has 0 aromatic rings. The SMILES string of the molecule is CC(CNP)CC(C)C1NC(=O)C(C)NC1=O. The van der Waals surface area contributed by atoms with E-state index in [1.165, 1.54) is 0 Å². The molecule has 0 radical (unpaired) electrons. The molecular weight excluding hydrogens is 237 g/mol. The van der Waals surface area contributed by atoms with E-state index in [2.05, 4.69) is 32.0 Å². The average Bonchev–Trinajstić information content (AvgIpc) is 2.23. The second-order valence-corrected chi connectivity index (χ2v) is 5.35. The summed E-state index contributed by atoms with van der Waals surface area (Å²) in [6.07, 6.45) is 0.897. The van der Waals surface area contributed by atoms with Crippen LogP contribution in [0.15, 0.2) is 0 Å². The van der Waals surface area contributed by atoms with E-state index in [-0.39, 0.29) is 17.7 Å². The van der Waals surface area contributed by atoms with Crippen LogP contribution in [0.3, 0.4) is 0 Å². The number of carbonyl (C=O) groups is 2. The van der Waals surface area contributed by atoms with Crippen LogP contribution in [0.1, 0.15) is 27.2 Å². The Labute approximate surface area is 105 Å². The molecule has 1 fully saturated rings. The van der Waals surface area contributed by atoms with Crippen LogP contribution in [0.2, 0.25) is 0 Å². The van der Waals surface area contributed by atoms with Crippen molar-refractivity contribution in [2.75, 3.05) is 6.54 Å². The van der Waals surface area contributed by atoms with E-state index >= 15 is 0 Å². The molecule has 0 aliphatic carbocycles. The van der Waals surface area contributed by atoms with Crippen LogP contribution in [0.4, 0.5) is 0 Å². The van der Waals surface area contributed by atoms with Crippen LogP contribution in [0.5, 0.6) is 0 Å². The van der Waals surface area contributed by atoms with Crippen LogP contribution in [0.25, 0.3) is 0 Å². The molecule has 1 saturated heterocycles. The van der Waals surface area contributed by atoms with Gasteiger partial charge in [-0.1, -0.05) is 23.2 Å². The number of hydrogen-bond acceptors (Lipinski definition) is 3. The molecule has 5 unspecified atom stereocenters. The van der Waals surface area contributed by atoms with E-state index in [9.17, 15) is 9.59 Å². The van der Waals surface area contributed by atoms with Crippen molar-refractivity contribution in [2.24, 2.45) is 11.8 Å². The fourth-order valence-electron chi connectivity index (χ4n) is 2.17. The van der Waals surface area contributed by atoms with Gasteiger partial charge in [0.15, 0.2) is 0 Å². The summed E-state index contributed by atoms with van der Waals surface area (Å²) in [5, 5.41) is 8.51. The Morgan fingerprint density at radius 3 is 2.53 bits per heavy atom. The van der Waals surface area contributed by atoms with E-state index in [4.69, 9.17) is 0 Å². The zero-order chi connectivity index (χ0) is 13.0. The Morgan fingerprint density at radius 2 is 1.94 bits per heavy atom. The van der Waals surface area contributed by atoms with Gasteiger partial charge in [-0.15, -0.1) is 0 Å². The van der Waals surface area contributed by atoms with Gasteiger partial charge in [0.25, 0.3) is 0 Å². The summed E-state index contributed by atoms with van der Waals surface area (Å²) < 4.78 is 0. The van der Waals surface area contributed by atoms with Gasteiger partial charge in [0.05, 0.1) is 0 Å². The van der Waals surface area contributed by atoms with Crippen molar-refractivity contribution in [3.05, 3.63) is 0 Å². The Morgan fingerprint density at radius 1 is 1.29 bits per heavy atom. The minimum Gasteiger partial charge on any atom is -0.343 e. The average molecular weight is 259 g/mol. The Kier molecular flexibility index (Phi) is 5.34. The van der Waals surface area contributed by atoms with Crippen LogP contribution in [-0.2, 0) is 9.59 Å². The lowest BCUT2D eigenvalue weighted by molar-refractivity contribution is -0.137. The third kappa shape index (κ3) is 3.93. The van der Waals surface area contributed by atoms with Gasteiger partial charge < -0.3 is 15.7 Å². The lowest BCUT2D eigenvalue weighted by Crippen LogP contribution is -2.62. The molecule has 98 valence electrons. The number of nitrogens with one attached hydrogen (secondary N) is 3. The van der Waals surface area contributed by atoms with Crippen molar-refractivity contribution in [3.63, 3.8) is 0 Å². The third-order valence-corrected chi connectivity index (χ3v) is 3.38. The van der Waals surface area contributed by atoms with E-state index in [1.807, 2.05) is 6.92 Å². The molecule has 0 bridgehead atoms. The molecule has 0 aromatic heterocycles. The van der Waals surface area contributed by atoms with Crippen molar-refractivity contribution in [2.45, 2.75) is 39.3 Å². The topological polar surface area (TPSA) is 70.2 Å². The number of rotatable bonds is 5. The maximum atomic E-state index is 11.8. The zero-order valence-electron chi connectivity index (χ0n) is 10.6. The summed E-state index contributed by atoms with van der Waals surface area (Å²) in [4.78, 5) is 23.3.